The van der Waals surface area contributed by atoms with E-state index in [-0.39, 0.29) is 17.7 Å². The lowest BCUT2D eigenvalue weighted by molar-refractivity contribution is -0.134. The molecule has 0 aromatic rings. The molecule has 6 nitrogen and oxygen atoms in total. The second kappa shape index (κ2) is 9.00. The number of aliphatic hydroxyl groups is 1. The first-order valence-corrected chi connectivity index (χ1v) is 10.2. The Labute approximate surface area is 160 Å². The molecule has 2 saturated heterocycles. The summed E-state index contributed by atoms with van der Waals surface area (Å²) in [5.74, 6) is 0.311. The Kier molecular flexibility index (Phi) is 7.48. The van der Waals surface area contributed by atoms with Gasteiger partial charge in [-0.15, -0.1) is 0 Å². The van der Waals surface area contributed by atoms with Crippen LogP contribution in [-0.2, 0) is 4.79 Å². The van der Waals surface area contributed by atoms with E-state index in [9.17, 15) is 4.79 Å². The summed E-state index contributed by atoms with van der Waals surface area (Å²) in [5, 5.41) is 9.07. The summed E-state index contributed by atoms with van der Waals surface area (Å²) in [7, 11) is 0. The molecule has 6 heteroatoms. The van der Waals surface area contributed by atoms with Gasteiger partial charge in [0.15, 0.2) is 0 Å². The van der Waals surface area contributed by atoms with Gasteiger partial charge in [0, 0.05) is 76.4 Å². The van der Waals surface area contributed by atoms with Crippen molar-refractivity contribution in [1.82, 2.24) is 19.6 Å². The molecule has 1 amide bonds. The second-order valence-corrected chi connectivity index (χ2v) is 9.40. The van der Waals surface area contributed by atoms with Crippen molar-refractivity contribution >= 4 is 5.91 Å². The summed E-state index contributed by atoms with van der Waals surface area (Å²) in [6.07, 6.45) is 1.55. The Bertz CT molecular complexity index is 445. The summed E-state index contributed by atoms with van der Waals surface area (Å²) < 4.78 is 0. The van der Waals surface area contributed by atoms with Crippen LogP contribution >= 0.6 is 0 Å². The fraction of sp³-hybridized carbons (Fsp3) is 0.950. The van der Waals surface area contributed by atoms with E-state index in [1.54, 1.807) is 0 Å². The Morgan fingerprint density at radius 2 is 1.38 bits per heavy atom. The van der Waals surface area contributed by atoms with Gasteiger partial charge in [0.25, 0.3) is 0 Å². The molecule has 0 bridgehead atoms. The topological polar surface area (TPSA) is 50.3 Å². The van der Waals surface area contributed by atoms with Crippen molar-refractivity contribution in [2.24, 2.45) is 0 Å². The van der Waals surface area contributed by atoms with E-state index in [4.69, 9.17) is 5.11 Å². The van der Waals surface area contributed by atoms with E-state index in [1.807, 2.05) is 0 Å². The zero-order valence-corrected chi connectivity index (χ0v) is 17.6. The number of rotatable bonds is 6. The van der Waals surface area contributed by atoms with Gasteiger partial charge in [0.05, 0.1) is 6.61 Å². The maximum atomic E-state index is 12.7. The minimum Gasteiger partial charge on any atom is -0.395 e. The quantitative estimate of drug-likeness (QED) is 0.761. The lowest BCUT2D eigenvalue weighted by Crippen LogP contribution is -2.56. The number of amides is 1. The maximum Gasteiger partial charge on any atom is 0.222 e. The highest BCUT2D eigenvalue weighted by Crippen LogP contribution is 2.23. The monoisotopic (exact) mass is 368 g/mol. The summed E-state index contributed by atoms with van der Waals surface area (Å²) >= 11 is 0. The first kappa shape index (κ1) is 21.6. The highest BCUT2D eigenvalue weighted by Gasteiger charge is 2.32. The van der Waals surface area contributed by atoms with Crippen molar-refractivity contribution in [1.29, 1.82) is 0 Å². The zero-order chi connectivity index (χ0) is 19.4. The Balaban J connectivity index is 1.74. The molecule has 0 unspecified atom stereocenters. The van der Waals surface area contributed by atoms with Gasteiger partial charge >= 0.3 is 0 Å². The average molecular weight is 369 g/mol. The predicted molar refractivity (Wildman–Crippen MR) is 106 cm³/mol. The van der Waals surface area contributed by atoms with Crippen molar-refractivity contribution in [3.63, 3.8) is 0 Å². The Morgan fingerprint density at radius 1 is 0.846 bits per heavy atom. The van der Waals surface area contributed by atoms with Crippen LogP contribution in [0, 0.1) is 0 Å². The molecule has 1 N–H and O–H groups in total. The van der Waals surface area contributed by atoms with Crippen LogP contribution in [0.3, 0.4) is 0 Å². The highest BCUT2D eigenvalue weighted by molar-refractivity contribution is 5.76. The van der Waals surface area contributed by atoms with Crippen LogP contribution in [-0.4, -0.2) is 107 Å². The highest BCUT2D eigenvalue weighted by atomic mass is 16.3. The number of β-amino-alcohol motifs (C(OH)–C–C–N with tert-alkyl or cyclic N) is 1. The Morgan fingerprint density at radius 3 is 1.88 bits per heavy atom. The molecule has 2 fully saturated rings. The van der Waals surface area contributed by atoms with Crippen LogP contribution in [0.5, 0.6) is 0 Å². The second-order valence-electron chi connectivity index (χ2n) is 9.40. The van der Waals surface area contributed by atoms with Gasteiger partial charge < -0.3 is 10.0 Å². The number of carbonyl (C=O) groups is 1. The van der Waals surface area contributed by atoms with Crippen molar-refractivity contribution in [3.8, 4) is 0 Å². The van der Waals surface area contributed by atoms with Crippen LogP contribution < -0.4 is 0 Å². The number of piperazine rings is 2. The van der Waals surface area contributed by atoms with Crippen molar-refractivity contribution in [3.05, 3.63) is 0 Å². The molecule has 0 aromatic heterocycles. The number of hydrogen-bond donors (Lipinski definition) is 1. The van der Waals surface area contributed by atoms with Gasteiger partial charge in [-0.05, 0) is 41.0 Å². The molecular weight excluding hydrogens is 328 g/mol. The fourth-order valence-electron chi connectivity index (χ4n) is 4.07. The number of nitrogens with zero attached hydrogens (tertiary/aromatic N) is 4. The molecule has 2 rings (SSSR count). The van der Waals surface area contributed by atoms with Gasteiger partial charge in [-0.3, -0.25) is 19.5 Å². The molecule has 0 spiro atoms. The van der Waals surface area contributed by atoms with E-state index in [0.29, 0.717) is 12.3 Å². The molecule has 0 aliphatic carbocycles. The summed E-state index contributed by atoms with van der Waals surface area (Å²) in [4.78, 5) is 22.0. The predicted octanol–water partition coefficient (Wildman–Crippen LogP) is 1.10. The molecule has 2 aliphatic heterocycles. The van der Waals surface area contributed by atoms with E-state index >= 15 is 0 Å². The first-order valence-electron chi connectivity index (χ1n) is 10.2. The van der Waals surface area contributed by atoms with Crippen molar-refractivity contribution in [2.75, 3.05) is 65.5 Å². The molecule has 152 valence electrons. The van der Waals surface area contributed by atoms with Gasteiger partial charge in [0.1, 0.15) is 0 Å². The van der Waals surface area contributed by atoms with E-state index in [0.717, 1.165) is 65.3 Å². The van der Waals surface area contributed by atoms with Crippen LogP contribution in [0.2, 0.25) is 0 Å². The van der Waals surface area contributed by atoms with Crippen LogP contribution in [0.1, 0.15) is 47.5 Å². The van der Waals surface area contributed by atoms with Crippen LogP contribution in [0.25, 0.3) is 0 Å². The third-order valence-corrected chi connectivity index (χ3v) is 6.18. The van der Waals surface area contributed by atoms with Crippen molar-refractivity contribution < 1.29 is 9.90 Å². The molecule has 26 heavy (non-hydrogen) atoms. The van der Waals surface area contributed by atoms with Crippen LogP contribution in [0.15, 0.2) is 0 Å². The number of hydrogen-bond acceptors (Lipinski definition) is 5. The van der Waals surface area contributed by atoms with E-state index in [1.165, 1.54) is 0 Å². The fourth-order valence-corrected chi connectivity index (χ4v) is 4.07. The molecule has 0 radical (unpaired) electrons. The summed E-state index contributed by atoms with van der Waals surface area (Å²) in [5.41, 5.74) is 0.240. The normalized spacial score (nSPS) is 22.0. The lowest BCUT2D eigenvalue weighted by Gasteiger charge is -2.45. The minimum atomic E-state index is 0.0498. The molecular formula is C20H40N4O2. The first-order chi connectivity index (χ1) is 12.1. The summed E-state index contributed by atoms with van der Waals surface area (Å²) in [6, 6.07) is 0. The number of carbonyl (C=O) groups excluding carboxylic acids is 1. The van der Waals surface area contributed by atoms with E-state index < -0.39 is 0 Å². The molecule has 2 heterocycles. The summed E-state index contributed by atoms with van der Waals surface area (Å²) in [6.45, 7) is 20.0. The average Bonchev–Trinajstić information content (AvgIpc) is 2.60. The van der Waals surface area contributed by atoms with Crippen molar-refractivity contribution in [2.45, 2.75) is 58.5 Å². The SMILES string of the molecule is CC(C)(C)N1CCN(C(=O)CCC(C)(C)N2CCN(CCO)CC2)CC1. The smallest absolute Gasteiger partial charge is 0.222 e. The maximum absolute atomic E-state index is 12.7. The molecule has 0 atom stereocenters. The molecule has 0 aromatic carbocycles. The minimum absolute atomic E-state index is 0.0498. The standard InChI is InChI=1S/C20H40N4O2/c1-19(2,3)23-14-10-22(11-15-23)18(26)6-7-20(4,5)24-12-8-21(9-13-24)16-17-25/h25H,6-17H2,1-5H3. The van der Waals surface area contributed by atoms with Gasteiger partial charge in [-0.25, -0.2) is 0 Å². The largest absolute Gasteiger partial charge is 0.395 e. The molecule has 0 saturated carbocycles. The van der Waals surface area contributed by atoms with Gasteiger partial charge in [-0.1, -0.05) is 0 Å². The van der Waals surface area contributed by atoms with Gasteiger partial charge in [-0.2, -0.15) is 0 Å². The zero-order valence-electron chi connectivity index (χ0n) is 17.6. The number of aliphatic hydroxyl groups excluding tert-OH is 1. The third-order valence-electron chi connectivity index (χ3n) is 6.18. The van der Waals surface area contributed by atoms with E-state index in [2.05, 4.69) is 54.2 Å². The third kappa shape index (κ3) is 5.91. The van der Waals surface area contributed by atoms with Crippen LogP contribution in [0.4, 0.5) is 0 Å². The lowest BCUT2D eigenvalue weighted by atomic mass is 9.94. The Hall–Kier alpha value is -0.690. The molecule has 2 aliphatic rings. The van der Waals surface area contributed by atoms with Gasteiger partial charge in [0.2, 0.25) is 5.91 Å².